The first-order valence-electron chi connectivity index (χ1n) is 11.0. The predicted octanol–water partition coefficient (Wildman–Crippen LogP) is 3.22. The van der Waals surface area contributed by atoms with Crippen LogP contribution in [0.4, 0.5) is 10.1 Å². The lowest BCUT2D eigenvalue weighted by molar-refractivity contribution is -0.121. The lowest BCUT2D eigenvalue weighted by atomic mass is 10.1. The number of ether oxygens (including phenoxy) is 1. The normalized spacial score (nSPS) is 13.8. The average Bonchev–Trinajstić information content (AvgIpc) is 3.19. The van der Waals surface area contributed by atoms with E-state index in [4.69, 9.17) is 4.74 Å². The second-order valence-electron chi connectivity index (χ2n) is 7.60. The van der Waals surface area contributed by atoms with Crippen LogP contribution in [0.2, 0.25) is 0 Å². The third kappa shape index (κ3) is 5.01. The lowest BCUT2D eigenvalue weighted by Gasteiger charge is -2.29. The number of aromatic nitrogens is 1. The number of halogens is 1. The number of benzene rings is 2. The van der Waals surface area contributed by atoms with Gasteiger partial charge >= 0.3 is 0 Å². The van der Waals surface area contributed by atoms with E-state index in [1.54, 1.807) is 17.0 Å². The Morgan fingerprint density at radius 2 is 2.12 bits per heavy atom. The van der Waals surface area contributed by atoms with Crippen LogP contribution < -0.4 is 20.3 Å². The number of carbonyl (C=O) groups is 1. The Hall–Kier alpha value is -3.55. The molecule has 1 aliphatic heterocycles. The Bertz CT molecular complexity index is 1110. The van der Waals surface area contributed by atoms with Gasteiger partial charge in [-0.25, -0.2) is 4.39 Å². The molecule has 32 heavy (non-hydrogen) atoms. The molecule has 0 aliphatic carbocycles. The van der Waals surface area contributed by atoms with Crippen LogP contribution in [0.25, 0.3) is 10.9 Å². The zero-order valence-electron chi connectivity index (χ0n) is 18.2. The van der Waals surface area contributed by atoms with E-state index in [2.05, 4.69) is 20.6 Å². The molecule has 3 aromatic rings. The van der Waals surface area contributed by atoms with Gasteiger partial charge < -0.3 is 25.3 Å². The molecule has 0 spiro atoms. The molecule has 0 unspecified atom stereocenters. The number of fused-ring (bicyclic) bond motifs is 2. The minimum atomic E-state index is -0.234. The van der Waals surface area contributed by atoms with Crippen molar-refractivity contribution in [2.24, 2.45) is 4.99 Å². The van der Waals surface area contributed by atoms with Crippen LogP contribution in [0.3, 0.4) is 0 Å². The van der Waals surface area contributed by atoms with E-state index < -0.39 is 0 Å². The molecule has 0 radical (unpaired) electrons. The van der Waals surface area contributed by atoms with Crippen LogP contribution in [0, 0.1) is 5.82 Å². The van der Waals surface area contributed by atoms with Crippen molar-refractivity contribution in [2.75, 3.05) is 37.7 Å². The van der Waals surface area contributed by atoms with Crippen LogP contribution >= 0.6 is 0 Å². The SMILES string of the molecule is CCNC(=NCCCN1C(=O)COc2ccccc21)NCCc1c[nH]c2ccc(F)cc12. The minimum Gasteiger partial charge on any atom is -0.482 e. The van der Waals surface area contributed by atoms with Crippen molar-refractivity contribution in [2.45, 2.75) is 19.8 Å². The highest BCUT2D eigenvalue weighted by atomic mass is 19.1. The molecule has 0 atom stereocenters. The van der Waals surface area contributed by atoms with Gasteiger partial charge in [-0.2, -0.15) is 0 Å². The van der Waals surface area contributed by atoms with E-state index in [0.29, 0.717) is 19.6 Å². The molecule has 1 amide bonds. The number of aromatic amines is 1. The lowest BCUT2D eigenvalue weighted by Crippen LogP contribution is -2.40. The highest BCUT2D eigenvalue weighted by Gasteiger charge is 2.24. The first-order valence-corrected chi connectivity index (χ1v) is 11.0. The molecule has 0 saturated carbocycles. The van der Waals surface area contributed by atoms with Gasteiger partial charge in [0.25, 0.3) is 5.91 Å². The fraction of sp³-hybridized carbons (Fsp3) is 0.333. The molecular formula is C24H28FN5O2. The van der Waals surface area contributed by atoms with E-state index in [0.717, 1.165) is 53.2 Å². The highest BCUT2D eigenvalue weighted by Crippen LogP contribution is 2.31. The molecule has 0 bridgehead atoms. The number of nitrogens with one attached hydrogen (secondary N) is 3. The maximum atomic E-state index is 13.6. The fourth-order valence-corrected chi connectivity index (χ4v) is 3.83. The summed E-state index contributed by atoms with van der Waals surface area (Å²) in [5, 5.41) is 7.48. The van der Waals surface area contributed by atoms with Crippen molar-refractivity contribution >= 4 is 28.5 Å². The summed E-state index contributed by atoms with van der Waals surface area (Å²) < 4.78 is 19.1. The monoisotopic (exact) mass is 437 g/mol. The average molecular weight is 438 g/mol. The Balaban J connectivity index is 1.29. The van der Waals surface area contributed by atoms with E-state index in [9.17, 15) is 9.18 Å². The molecule has 1 aromatic heterocycles. The Kier molecular flexibility index (Phi) is 6.89. The summed E-state index contributed by atoms with van der Waals surface area (Å²) in [4.78, 5) is 21.9. The molecule has 7 nitrogen and oxygen atoms in total. The van der Waals surface area contributed by atoms with Gasteiger partial charge in [0.05, 0.1) is 5.69 Å². The molecule has 168 valence electrons. The summed E-state index contributed by atoms with van der Waals surface area (Å²) >= 11 is 0. The van der Waals surface area contributed by atoms with Gasteiger partial charge in [-0.05, 0) is 55.7 Å². The van der Waals surface area contributed by atoms with Crippen LogP contribution in [-0.2, 0) is 11.2 Å². The van der Waals surface area contributed by atoms with Crippen LogP contribution in [0.1, 0.15) is 18.9 Å². The standard InChI is InChI=1S/C24H28FN5O2/c1-2-26-24(28-12-10-17-15-29-20-9-8-18(25)14-19(17)20)27-11-5-13-30-21-6-3-4-7-22(21)32-16-23(30)31/h3-4,6-9,14-15,29H,2,5,10-13,16H2,1H3,(H2,26,27,28). The van der Waals surface area contributed by atoms with Gasteiger partial charge in [-0.1, -0.05) is 12.1 Å². The number of amides is 1. The molecule has 0 fully saturated rings. The quantitative estimate of drug-likeness (QED) is 0.287. The molecule has 2 heterocycles. The van der Waals surface area contributed by atoms with E-state index in [-0.39, 0.29) is 18.3 Å². The molecule has 2 aromatic carbocycles. The first kappa shape index (κ1) is 21.7. The van der Waals surface area contributed by atoms with Gasteiger partial charge in [0.2, 0.25) is 0 Å². The van der Waals surface area contributed by atoms with Crippen molar-refractivity contribution in [3.05, 3.63) is 60.0 Å². The third-order valence-corrected chi connectivity index (χ3v) is 5.38. The first-order chi connectivity index (χ1) is 15.7. The number of anilines is 1. The maximum Gasteiger partial charge on any atom is 0.265 e. The smallest absolute Gasteiger partial charge is 0.265 e. The number of rotatable bonds is 8. The van der Waals surface area contributed by atoms with E-state index in [1.807, 2.05) is 37.4 Å². The van der Waals surface area contributed by atoms with Gasteiger partial charge in [0, 0.05) is 43.3 Å². The van der Waals surface area contributed by atoms with Crippen LogP contribution in [0.5, 0.6) is 5.75 Å². The molecule has 8 heteroatoms. The van der Waals surface area contributed by atoms with E-state index in [1.165, 1.54) is 6.07 Å². The van der Waals surface area contributed by atoms with Gasteiger partial charge in [0.15, 0.2) is 12.6 Å². The maximum absolute atomic E-state index is 13.6. The third-order valence-electron chi connectivity index (χ3n) is 5.38. The second kappa shape index (κ2) is 10.2. The summed E-state index contributed by atoms with van der Waals surface area (Å²) in [5.74, 6) is 1.20. The Morgan fingerprint density at radius 1 is 1.25 bits per heavy atom. The van der Waals surface area contributed by atoms with Gasteiger partial charge in [0.1, 0.15) is 11.6 Å². The number of aliphatic imine (C=N–C) groups is 1. The summed E-state index contributed by atoms with van der Waals surface area (Å²) in [7, 11) is 0. The number of H-pyrrole nitrogens is 1. The second-order valence-corrected chi connectivity index (χ2v) is 7.60. The van der Waals surface area contributed by atoms with Crippen molar-refractivity contribution in [1.29, 1.82) is 0 Å². The summed E-state index contributed by atoms with van der Waals surface area (Å²) in [5.41, 5.74) is 2.81. The van der Waals surface area contributed by atoms with Crippen molar-refractivity contribution in [3.63, 3.8) is 0 Å². The Labute approximate surface area is 186 Å². The van der Waals surface area contributed by atoms with Crippen molar-refractivity contribution in [3.8, 4) is 5.75 Å². The number of hydrogen-bond acceptors (Lipinski definition) is 3. The van der Waals surface area contributed by atoms with Gasteiger partial charge in [-0.3, -0.25) is 9.79 Å². The largest absolute Gasteiger partial charge is 0.482 e. The Morgan fingerprint density at radius 3 is 3.00 bits per heavy atom. The fourth-order valence-electron chi connectivity index (χ4n) is 3.83. The van der Waals surface area contributed by atoms with Crippen LogP contribution in [-0.4, -0.2) is 49.6 Å². The van der Waals surface area contributed by atoms with Gasteiger partial charge in [-0.15, -0.1) is 0 Å². The predicted molar refractivity (Wildman–Crippen MR) is 125 cm³/mol. The van der Waals surface area contributed by atoms with Crippen molar-refractivity contribution in [1.82, 2.24) is 15.6 Å². The summed E-state index contributed by atoms with van der Waals surface area (Å²) in [6.07, 6.45) is 3.40. The van der Waals surface area contributed by atoms with Crippen molar-refractivity contribution < 1.29 is 13.9 Å². The number of para-hydroxylation sites is 2. The number of hydrogen-bond donors (Lipinski definition) is 3. The molecule has 1 aliphatic rings. The molecule has 0 saturated heterocycles. The molecule has 4 rings (SSSR count). The topological polar surface area (TPSA) is 81.8 Å². The molecule has 3 N–H and O–H groups in total. The van der Waals surface area contributed by atoms with Crippen LogP contribution in [0.15, 0.2) is 53.7 Å². The minimum absolute atomic E-state index is 0.0344. The summed E-state index contributed by atoms with van der Waals surface area (Å²) in [6.45, 7) is 4.68. The zero-order chi connectivity index (χ0) is 22.3. The zero-order valence-corrected chi connectivity index (χ0v) is 18.2. The summed E-state index contributed by atoms with van der Waals surface area (Å²) in [6, 6.07) is 12.4. The number of guanidine groups is 1. The number of nitrogens with zero attached hydrogens (tertiary/aromatic N) is 2. The molecular weight excluding hydrogens is 409 g/mol. The number of carbonyl (C=O) groups excluding carboxylic acids is 1. The highest BCUT2D eigenvalue weighted by molar-refractivity contribution is 5.97. The van der Waals surface area contributed by atoms with E-state index >= 15 is 0 Å².